The summed E-state index contributed by atoms with van der Waals surface area (Å²) < 4.78 is 2.98. The van der Waals surface area contributed by atoms with Gasteiger partial charge in [0.15, 0.2) is 5.69 Å². The van der Waals surface area contributed by atoms with Crippen LogP contribution in [0.1, 0.15) is 21.0 Å². The van der Waals surface area contributed by atoms with Gasteiger partial charge in [0, 0.05) is 13.2 Å². The molecule has 1 amide bonds. The van der Waals surface area contributed by atoms with E-state index in [9.17, 15) is 9.59 Å². The Hall–Kier alpha value is -2.71. The van der Waals surface area contributed by atoms with E-state index in [0.29, 0.717) is 18.8 Å². The quantitative estimate of drug-likeness (QED) is 0.733. The average molecular weight is 264 g/mol. The van der Waals surface area contributed by atoms with Crippen LogP contribution in [0.25, 0.3) is 0 Å². The van der Waals surface area contributed by atoms with Crippen molar-refractivity contribution in [3.05, 3.63) is 29.8 Å². The van der Waals surface area contributed by atoms with Gasteiger partial charge in [-0.15, -0.1) is 5.10 Å². The van der Waals surface area contributed by atoms with E-state index in [1.165, 1.54) is 17.9 Å². The van der Waals surface area contributed by atoms with Crippen molar-refractivity contribution in [1.82, 2.24) is 30.1 Å². The molecule has 2 aromatic rings. The van der Waals surface area contributed by atoms with E-state index in [1.54, 1.807) is 16.9 Å². The second-order valence-corrected chi connectivity index (χ2v) is 3.72. The second kappa shape index (κ2) is 5.29. The van der Waals surface area contributed by atoms with Gasteiger partial charge in [-0.25, -0.2) is 9.48 Å². The Morgan fingerprint density at radius 3 is 2.68 bits per heavy atom. The maximum atomic E-state index is 11.3. The molecule has 0 unspecified atom stereocenters. The van der Waals surface area contributed by atoms with Crippen molar-refractivity contribution in [3.63, 3.8) is 0 Å². The number of rotatable bonds is 5. The van der Waals surface area contributed by atoms with E-state index in [-0.39, 0.29) is 11.6 Å². The summed E-state index contributed by atoms with van der Waals surface area (Å²) in [6, 6.07) is 1.60. The summed E-state index contributed by atoms with van der Waals surface area (Å²) in [5, 5.41) is 22.4. The smallest absolute Gasteiger partial charge is 0.358 e. The van der Waals surface area contributed by atoms with Gasteiger partial charge in [-0.1, -0.05) is 5.21 Å². The predicted molar refractivity (Wildman–Crippen MR) is 62.6 cm³/mol. The third kappa shape index (κ3) is 2.94. The lowest BCUT2D eigenvalue weighted by molar-refractivity contribution is 0.0690. The minimum absolute atomic E-state index is 0.105. The van der Waals surface area contributed by atoms with Crippen molar-refractivity contribution in [3.8, 4) is 0 Å². The molecule has 0 fully saturated rings. The molecule has 19 heavy (non-hydrogen) atoms. The second-order valence-electron chi connectivity index (χ2n) is 3.72. The molecule has 2 rings (SSSR count). The van der Waals surface area contributed by atoms with E-state index in [1.807, 2.05) is 0 Å². The third-order valence-corrected chi connectivity index (χ3v) is 2.42. The molecule has 9 nitrogen and oxygen atoms in total. The van der Waals surface area contributed by atoms with Crippen LogP contribution in [0.4, 0.5) is 0 Å². The van der Waals surface area contributed by atoms with E-state index in [2.05, 4.69) is 20.7 Å². The fraction of sp³-hybridized carbons (Fsp3) is 0.300. The van der Waals surface area contributed by atoms with Gasteiger partial charge in [-0.3, -0.25) is 9.48 Å². The van der Waals surface area contributed by atoms with Crippen molar-refractivity contribution < 1.29 is 14.7 Å². The number of aromatic nitrogens is 5. The van der Waals surface area contributed by atoms with Crippen LogP contribution < -0.4 is 5.32 Å². The molecule has 0 spiro atoms. The molecule has 0 saturated carbocycles. The number of hydrogen-bond donors (Lipinski definition) is 2. The number of aryl methyl sites for hydroxylation is 2. The lowest BCUT2D eigenvalue weighted by atomic mass is 10.4. The fourth-order valence-corrected chi connectivity index (χ4v) is 1.45. The zero-order valence-electron chi connectivity index (χ0n) is 10.1. The molecule has 0 bridgehead atoms. The van der Waals surface area contributed by atoms with Gasteiger partial charge < -0.3 is 10.4 Å². The van der Waals surface area contributed by atoms with Crippen LogP contribution in [-0.4, -0.2) is 48.8 Å². The van der Waals surface area contributed by atoms with Crippen LogP contribution in [0.5, 0.6) is 0 Å². The number of nitrogens with zero attached hydrogens (tertiary/aromatic N) is 5. The highest BCUT2D eigenvalue weighted by molar-refractivity contribution is 5.91. The van der Waals surface area contributed by atoms with Gasteiger partial charge in [0.2, 0.25) is 0 Å². The highest BCUT2D eigenvalue weighted by atomic mass is 16.4. The van der Waals surface area contributed by atoms with Gasteiger partial charge in [0.05, 0.1) is 19.3 Å². The number of nitrogens with one attached hydrogen (secondary N) is 1. The third-order valence-electron chi connectivity index (χ3n) is 2.42. The number of aromatic carboxylic acids is 1. The molecule has 0 saturated heterocycles. The minimum Gasteiger partial charge on any atom is -0.476 e. The Bertz CT molecular complexity index is 602. The Labute approximate surface area is 107 Å². The zero-order valence-corrected chi connectivity index (χ0v) is 10.1. The average Bonchev–Trinajstić information content (AvgIpc) is 3.04. The zero-order chi connectivity index (χ0) is 13.8. The van der Waals surface area contributed by atoms with Gasteiger partial charge >= 0.3 is 5.97 Å². The van der Waals surface area contributed by atoms with E-state index < -0.39 is 5.97 Å². The number of carboxylic acid groups (broad SMARTS) is 1. The Kier molecular flexibility index (Phi) is 3.55. The first-order valence-corrected chi connectivity index (χ1v) is 5.49. The molecule has 0 aliphatic carbocycles. The molecule has 9 heteroatoms. The van der Waals surface area contributed by atoms with Crippen LogP contribution in [0.2, 0.25) is 0 Å². The summed E-state index contributed by atoms with van der Waals surface area (Å²) in [4.78, 5) is 21.9. The highest BCUT2D eigenvalue weighted by Gasteiger charge is 2.09. The molecule has 100 valence electrons. The van der Waals surface area contributed by atoms with Gasteiger partial charge in [0.25, 0.3) is 5.91 Å². The number of carbonyl (C=O) groups excluding carboxylic acids is 1. The van der Waals surface area contributed by atoms with Crippen molar-refractivity contribution in [2.75, 3.05) is 7.05 Å². The monoisotopic (exact) mass is 264 g/mol. The standard InChI is InChI=1S/C10H12N6O3/c1-11-9(17)7-2-3-15(13-7)4-5-16-6-8(10(18)19)12-14-16/h2-3,6H,4-5H2,1H3,(H,11,17)(H,18,19). The lowest BCUT2D eigenvalue weighted by Gasteiger charge is -2.00. The summed E-state index contributed by atoms with van der Waals surface area (Å²) >= 11 is 0. The largest absolute Gasteiger partial charge is 0.476 e. The predicted octanol–water partition coefficient (Wildman–Crippen LogP) is -0.767. The minimum atomic E-state index is -1.12. The Balaban J connectivity index is 1.96. The van der Waals surface area contributed by atoms with Crippen LogP contribution >= 0.6 is 0 Å². The van der Waals surface area contributed by atoms with Gasteiger partial charge in [-0.2, -0.15) is 5.10 Å². The molecule has 0 aliphatic heterocycles. The summed E-state index contributed by atoms with van der Waals surface area (Å²) in [6.45, 7) is 0.870. The maximum Gasteiger partial charge on any atom is 0.358 e. The maximum absolute atomic E-state index is 11.3. The van der Waals surface area contributed by atoms with Crippen LogP contribution in [0.15, 0.2) is 18.5 Å². The topological polar surface area (TPSA) is 115 Å². The molecular weight excluding hydrogens is 252 g/mol. The molecule has 0 aliphatic rings. The normalized spacial score (nSPS) is 10.4. The van der Waals surface area contributed by atoms with Crippen molar-refractivity contribution in [2.45, 2.75) is 13.1 Å². The summed E-state index contributed by atoms with van der Waals surface area (Å²) in [5.74, 6) is -1.38. The van der Waals surface area contributed by atoms with Crippen molar-refractivity contribution >= 4 is 11.9 Å². The van der Waals surface area contributed by atoms with E-state index in [0.717, 1.165) is 0 Å². The number of hydrogen-bond acceptors (Lipinski definition) is 5. The molecule has 2 N–H and O–H groups in total. The SMILES string of the molecule is CNC(=O)c1ccn(CCn2cc(C(=O)O)nn2)n1. The van der Waals surface area contributed by atoms with E-state index in [4.69, 9.17) is 5.11 Å². The van der Waals surface area contributed by atoms with Gasteiger partial charge in [-0.05, 0) is 6.07 Å². The van der Waals surface area contributed by atoms with Gasteiger partial charge in [0.1, 0.15) is 5.69 Å². The van der Waals surface area contributed by atoms with E-state index >= 15 is 0 Å². The summed E-state index contributed by atoms with van der Waals surface area (Å²) in [6.07, 6.45) is 3.01. The highest BCUT2D eigenvalue weighted by Crippen LogP contribution is 1.98. The first-order valence-electron chi connectivity index (χ1n) is 5.49. The summed E-state index contributed by atoms with van der Waals surface area (Å²) in [5.41, 5.74) is 0.221. The van der Waals surface area contributed by atoms with Crippen LogP contribution in [0, 0.1) is 0 Å². The van der Waals surface area contributed by atoms with Crippen LogP contribution in [-0.2, 0) is 13.1 Å². The molecule has 2 heterocycles. The lowest BCUT2D eigenvalue weighted by Crippen LogP contribution is -2.19. The molecule has 0 radical (unpaired) electrons. The number of amides is 1. The Morgan fingerprint density at radius 2 is 2.05 bits per heavy atom. The fourth-order valence-electron chi connectivity index (χ4n) is 1.45. The molecule has 2 aromatic heterocycles. The first-order chi connectivity index (χ1) is 9.10. The first kappa shape index (κ1) is 12.7. The Morgan fingerprint density at radius 1 is 1.32 bits per heavy atom. The number of carboxylic acids is 1. The van der Waals surface area contributed by atoms with Crippen LogP contribution in [0.3, 0.4) is 0 Å². The molecule has 0 atom stereocenters. The van der Waals surface area contributed by atoms with Crippen molar-refractivity contribution in [1.29, 1.82) is 0 Å². The van der Waals surface area contributed by atoms with Crippen molar-refractivity contribution in [2.24, 2.45) is 0 Å². The summed E-state index contributed by atoms with van der Waals surface area (Å²) in [7, 11) is 1.53. The molecular formula is C10H12N6O3. The molecule has 0 aromatic carbocycles. The number of carbonyl (C=O) groups is 2.